The van der Waals surface area contributed by atoms with Gasteiger partial charge in [-0.25, -0.2) is 0 Å². The molecule has 2 aromatic rings. The monoisotopic (exact) mass is 395 g/mol. The molecular weight excluding hydrogens is 376 g/mol. The molecule has 0 saturated heterocycles. The van der Waals surface area contributed by atoms with Gasteiger partial charge in [-0.15, -0.1) is 11.3 Å². The minimum Gasteiger partial charge on any atom is -0.365 e. The van der Waals surface area contributed by atoms with Crippen molar-refractivity contribution in [1.82, 2.24) is 0 Å². The van der Waals surface area contributed by atoms with E-state index in [0.717, 1.165) is 41.3 Å². The van der Waals surface area contributed by atoms with Crippen molar-refractivity contribution in [3.05, 3.63) is 43.1 Å². The zero-order chi connectivity index (χ0) is 19.0. The Bertz CT molecular complexity index is 887. The first-order chi connectivity index (χ1) is 12.3. The number of hydrogen-bond acceptors (Lipinski definition) is 6. The molecule has 0 bridgehead atoms. The third-order valence-corrected chi connectivity index (χ3v) is 6.64. The number of anilines is 1. The van der Waals surface area contributed by atoms with Gasteiger partial charge in [0.15, 0.2) is 0 Å². The molecule has 138 valence electrons. The van der Waals surface area contributed by atoms with Crippen LogP contribution >= 0.6 is 22.7 Å². The molecule has 0 aromatic carbocycles. The maximum Gasteiger partial charge on any atom is 0.324 e. The number of carbonyl (C=O) groups is 2. The Balaban J connectivity index is 1.88. The molecule has 0 fully saturated rings. The van der Waals surface area contributed by atoms with E-state index in [0.29, 0.717) is 16.6 Å². The van der Waals surface area contributed by atoms with Crippen molar-refractivity contribution < 1.29 is 19.4 Å². The van der Waals surface area contributed by atoms with E-state index in [1.54, 1.807) is 0 Å². The average molecular weight is 395 g/mol. The number of amides is 2. The van der Waals surface area contributed by atoms with Crippen LogP contribution in [0.2, 0.25) is 0 Å². The van der Waals surface area contributed by atoms with Gasteiger partial charge in [0.1, 0.15) is 11.5 Å². The van der Waals surface area contributed by atoms with E-state index in [-0.39, 0.29) is 9.88 Å². The molecule has 2 aromatic heterocycles. The number of carbonyl (C=O) groups excluding carboxylic acids is 2. The molecule has 10 heteroatoms. The molecule has 0 radical (unpaired) electrons. The molecule has 8 nitrogen and oxygen atoms in total. The molecular formula is C16H19N4O4S2+. The molecule has 3 heterocycles. The van der Waals surface area contributed by atoms with Crippen LogP contribution in [-0.2, 0) is 13.0 Å². The number of nitro groups is 1. The van der Waals surface area contributed by atoms with E-state index >= 15 is 0 Å². The second kappa shape index (κ2) is 7.14. The van der Waals surface area contributed by atoms with E-state index in [2.05, 4.69) is 19.2 Å². The van der Waals surface area contributed by atoms with Crippen LogP contribution in [0.3, 0.4) is 0 Å². The fraction of sp³-hybridized carbons (Fsp3) is 0.375. The number of nitrogens with two attached hydrogens (primary N) is 1. The van der Waals surface area contributed by atoms with Gasteiger partial charge in [-0.2, -0.15) is 0 Å². The first-order valence-corrected chi connectivity index (χ1v) is 9.75. The van der Waals surface area contributed by atoms with E-state index in [1.807, 2.05) is 0 Å². The molecule has 4 N–H and O–H groups in total. The Morgan fingerprint density at radius 1 is 1.35 bits per heavy atom. The minimum absolute atomic E-state index is 0.105. The number of quaternary nitrogens is 1. The third-order valence-electron chi connectivity index (χ3n) is 4.46. The largest absolute Gasteiger partial charge is 0.365 e. The lowest BCUT2D eigenvalue weighted by Gasteiger charge is -2.27. The average Bonchev–Trinajstić information content (AvgIpc) is 3.18. The Labute approximate surface area is 157 Å². The molecule has 0 aliphatic carbocycles. The van der Waals surface area contributed by atoms with Crippen LogP contribution in [0.15, 0.2) is 12.1 Å². The van der Waals surface area contributed by atoms with Gasteiger partial charge in [-0.3, -0.25) is 19.7 Å². The second-order valence-electron chi connectivity index (χ2n) is 6.41. The van der Waals surface area contributed by atoms with Gasteiger partial charge >= 0.3 is 5.00 Å². The van der Waals surface area contributed by atoms with Gasteiger partial charge in [0, 0.05) is 12.5 Å². The standard InChI is InChI=1S/C16H18N4O4S2/c1-8(2)19-6-5-9-11(7-19)26-16(13(9)14(17)21)18-15(22)10-3-4-12(25-10)20(23)24/h3-4,8H,5-7H2,1-2H3,(H2,17,21)(H,18,22)/p+1. The summed E-state index contributed by atoms with van der Waals surface area (Å²) in [5.41, 5.74) is 6.84. The molecule has 1 unspecified atom stereocenters. The number of nitrogens with zero attached hydrogens (tertiary/aromatic N) is 1. The van der Waals surface area contributed by atoms with Crippen LogP contribution in [0.1, 0.15) is 44.3 Å². The van der Waals surface area contributed by atoms with Crippen molar-refractivity contribution in [3.63, 3.8) is 0 Å². The van der Waals surface area contributed by atoms with Gasteiger partial charge in [0.2, 0.25) is 0 Å². The summed E-state index contributed by atoms with van der Waals surface area (Å²) in [6, 6.07) is 3.16. The van der Waals surface area contributed by atoms with Crippen LogP contribution in [-0.4, -0.2) is 29.3 Å². The lowest BCUT2D eigenvalue weighted by molar-refractivity contribution is -0.936. The number of thiophene rings is 2. The Kier molecular flexibility index (Phi) is 5.08. The number of fused-ring (bicyclic) bond motifs is 1. The number of primary amides is 1. The molecule has 0 saturated carbocycles. The summed E-state index contributed by atoms with van der Waals surface area (Å²) in [7, 11) is 0. The summed E-state index contributed by atoms with van der Waals surface area (Å²) in [5, 5.41) is 13.8. The van der Waals surface area contributed by atoms with Crippen LogP contribution < -0.4 is 16.0 Å². The fourth-order valence-electron chi connectivity index (χ4n) is 3.05. The van der Waals surface area contributed by atoms with E-state index in [9.17, 15) is 19.7 Å². The van der Waals surface area contributed by atoms with Crippen molar-refractivity contribution in [2.75, 3.05) is 11.9 Å². The lowest BCUT2D eigenvalue weighted by Crippen LogP contribution is -3.14. The van der Waals surface area contributed by atoms with E-state index in [1.165, 1.54) is 28.4 Å². The minimum atomic E-state index is -0.567. The highest BCUT2D eigenvalue weighted by Gasteiger charge is 2.31. The summed E-state index contributed by atoms with van der Waals surface area (Å²) in [6.07, 6.45) is 0.734. The number of rotatable bonds is 5. The maximum absolute atomic E-state index is 12.4. The Hall–Kier alpha value is -2.30. The second-order valence-corrected chi connectivity index (χ2v) is 8.58. The SMILES string of the molecule is CC(C)[NH+]1CCc2c(sc(NC(=O)c3ccc([N+](=O)[O-])s3)c2C(N)=O)C1. The first kappa shape index (κ1) is 18.5. The van der Waals surface area contributed by atoms with E-state index in [4.69, 9.17) is 5.73 Å². The van der Waals surface area contributed by atoms with Crippen molar-refractivity contribution >= 4 is 44.5 Å². The third kappa shape index (κ3) is 3.48. The zero-order valence-corrected chi connectivity index (χ0v) is 16.0. The van der Waals surface area contributed by atoms with Crippen LogP contribution in [0, 0.1) is 10.1 Å². The van der Waals surface area contributed by atoms with Gasteiger partial charge < -0.3 is 16.0 Å². The Morgan fingerprint density at radius 3 is 2.65 bits per heavy atom. The van der Waals surface area contributed by atoms with Gasteiger partial charge in [-0.1, -0.05) is 11.3 Å². The van der Waals surface area contributed by atoms with Crippen LogP contribution in [0.25, 0.3) is 0 Å². The van der Waals surface area contributed by atoms with Crippen LogP contribution in [0.4, 0.5) is 10.0 Å². The fourth-order valence-corrected chi connectivity index (χ4v) is 5.07. The summed E-state index contributed by atoms with van der Waals surface area (Å²) in [6.45, 7) is 6.00. The number of hydrogen-bond donors (Lipinski definition) is 3. The molecule has 1 atom stereocenters. The highest BCUT2D eigenvalue weighted by atomic mass is 32.1. The van der Waals surface area contributed by atoms with Gasteiger partial charge in [0.25, 0.3) is 11.8 Å². The molecule has 26 heavy (non-hydrogen) atoms. The highest BCUT2D eigenvalue weighted by molar-refractivity contribution is 7.18. The predicted molar refractivity (Wildman–Crippen MR) is 100 cm³/mol. The lowest BCUT2D eigenvalue weighted by atomic mass is 10.0. The van der Waals surface area contributed by atoms with Gasteiger partial charge in [-0.05, 0) is 25.5 Å². The van der Waals surface area contributed by atoms with Crippen molar-refractivity contribution in [2.45, 2.75) is 32.9 Å². The van der Waals surface area contributed by atoms with Crippen molar-refractivity contribution in [3.8, 4) is 0 Å². The molecule has 3 rings (SSSR count). The highest BCUT2D eigenvalue weighted by Crippen LogP contribution is 2.35. The smallest absolute Gasteiger partial charge is 0.324 e. The Morgan fingerprint density at radius 2 is 2.08 bits per heavy atom. The van der Waals surface area contributed by atoms with E-state index < -0.39 is 16.7 Å². The number of nitrogens with one attached hydrogen (secondary N) is 2. The van der Waals surface area contributed by atoms with Gasteiger partial charge in [0.05, 0.1) is 32.8 Å². The topological polar surface area (TPSA) is 120 Å². The molecule has 1 aliphatic rings. The maximum atomic E-state index is 12.4. The summed E-state index contributed by atoms with van der Waals surface area (Å²) in [4.78, 5) is 37.3. The molecule has 1 aliphatic heterocycles. The summed E-state index contributed by atoms with van der Waals surface area (Å²) >= 11 is 2.16. The van der Waals surface area contributed by atoms with Crippen molar-refractivity contribution in [1.29, 1.82) is 0 Å². The van der Waals surface area contributed by atoms with Crippen molar-refractivity contribution in [2.24, 2.45) is 5.73 Å². The normalized spacial score (nSPS) is 16.3. The zero-order valence-electron chi connectivity index (χ0n) is 14.3. The summed E-state index contributed by atoms with van der Waals surface area (Å²) < 4.78 is 0. The quantitative estimate of drug-likeness (QED) is 0.524. The van der Waals surface area contributed by atoms with Crippen LogP contribution in [0.5, 0.6) is 0 Å². The molecule has 2 amide bonds. The summed E-state index contributed by atoms with van der Waals surface area (Å²) in [5.74, 6) is -1.04. The molecule has 0 spiro atoms. The predicted octanol–water partition coefficient (Wildman–Crippen LogP) is 1.42. The first-order valence-electron chi connectivity index (χ1n) is 8.12.